The van der Waals surface area contributed by atoms with Crippen LogP contribution in [0.25, 0.3) is 0 Å². The summed E-state index contributed by atoms with van der Waals surface area (Å²) in [7, 11) is 1.54. The lowest BCUT2D eigenvalue weighted by molar-refractivity contribution is -0.151. The molecule has 0 radical (unpaired) electrons. The number of halogens is 3. The standard InChI is InChI=1S/C10H18F3NO/c1-5-9(2,3)14(4)8(15)6-7-10(11,12)13/h5-7H2,1-4H3. The first-order chi connectivity index (χ1) is 6.60. The van der Waals surface area contributed by atoms with Gasteiger partial charge in [-0.1, -0.05) is 6.92 Å². The number of nitrogens with zero attached hydrogens (tertiary/aromatic N) is 1. The lowest BCUT2D eigenvalue weighted by Crippen LogP contribution is -2.44. The maximum atomic E-state index is 11.9. The summed E-state index contributed by atoms with van der Waals surface area (Å²) in [5, 5.41) is 0. The van der Waals surface area contributed by atoms with Crippen LogP contribution in [0.4, 0.5) is 13.2 Å². The molecule has 1 amide bonds. The Morgan fingerprint density at radius 2 is 1.73 bits per heavy atom. The second-order valence-corrected chi connectivity index (χ2v) is 4.23. The van der Waals surface area contributed by atoms with Crippen LogP contribution in [0, 0.1) is 0 Å². The number of hydrogen-bond donors (Lipinski definition) is 0. The van der Waals surface area contributed by atoms with Gasteiger partial charge in [-0.25, -0.2) is 0 Å². The van der Waals surface area contributed by atoms with Gasteiger partial charge in [-0.3, -0.25) is 4.79 Å². The van der Waals surface area contributed by atoms with Gasteiger partial charge >= 0.3 is 6.18 Å². The molecule has 15 heavy (non-hydrogen) atoms. The van der Waals surface area contributed by atoms with E-state index in [1.807, 2.05) is 20.8 Å². The molecule has 0 unspecified atom stereocenters. The maximum Gasteiger partial charge on any atom is 0.389 e. The Bertz CT molecular complexity index is 223. The molecule has 0 aliphatic rings. The lowest BCUT2D eigenvalue weighted by atomic mass is 9.99. The van der Waals surface area contributed by atoms with Crippen molar-refractivity contribution in [3.05, 3.63) is 0 Å². The summed E-state index contributed by atoms with van der Waals surface area (Å²) < 4.78 is 35.7. The molecule has 0 fully saturated rings. The summed E-state index contributed by atoms with van der Waals surface area (Å²) >= 11 is 0. The van der Waals surface area contributed by atoms with Crippen molar-refractivity contribution in [3.63, 3.8) is 0 Å². The molecule has 0 aromatic rings. The van der Waals surface area contributed by atoms with E-state index in [1.54, 1.807) is 7.05 Å². The number of alkyl halides is 3. The van der Waals surface area contributed by atoms with Gasteiger partial charge in [-0.05, 0) is 20.3 Å². The van der Waals surface area contributed by atoms with Crippen LogP contribution in [0.1, 0.15) is 40.0 Å². The van der Waals surface area contributed by atoms with Crippen LogP contribution in [0.15, 0.2) is 0 Å². The second-order valence-electron chi connectivity index (χ2n) is 4.23. The van der Waals surface area contributed by atoms with Crippen molar-refractivity contribution >= 4 is 5.91 Å². The van der Waals surface area contributed by atoms with Crippen LogP contribution in [-0.2, 0) is 4.79 Å². The smallest absolute Gasteiger partial charge is 0.341 e. The van der Waals surface area contributed by atoms with Crippen LogP contribution in [0.5, 0.6) is 0 Å². The minimum absolute atomic E-state index is 0.386. The average Bonchev–Trinajstić information content (AvgIpc) is 2.11. The zero-order valence-corrected chi connectivity index (χ0v) is 9.61. The third kappa shape index (κ3) is 5.04. The number of carbonyl (C=O) groups is 1. The fourth-order valence-corrected chi connectivity index (χ4v) is 0.991. The molecule has 0 atom stereocenters. The van der Waals surface area contributed by atoms with Crippen molar-refractivity contribution in [3.8, 4) is 0 Å². The van der Waals surface area contributed by atoms with Gasteiger partial charge in [0.25, 0.3) is 0 Å². The third-order valence-electron chi connectivity index (χ3n) is 2.77. The van der Waals surface area contributed by atoms with Crippen molar-refractivity contribution in [1.29, 1.82) is 0 Å². The van der Waals surface area contributed by atoms with Gasteiger partial charge < -0.3 is 4.90 Å². The van der Waals surface area contributed by atoms with E-state index < -0.39 is 24.9 Å². The summed E-state index contributed by atoms with van der Waals surface area (Å²) in [6.07, 6.45) is -5.06. The highest BCUT2D eigenvalue weighted by atomic mass is 19.4. The van der Waals surface area contributed by atoms with Gasteiger partial charge in [0.1, 0.15) is 0 Å². The van der Waals surface area contributed by atoms with Crippen molar-refractivity contribution in [1.82, 2.24) is 4.90 Å². The van der Waals surface area contributed by atoms with Crippen LogP contribution in [0.3, 0.4) is 0 Å². The molecule has 0 aliphatic heterocycles. The molecule has 5 heteroatoms. The number of amides is 1. The highest BCUT2D eigenvalue weighted by molar-refractivity contribution is 5.76. The Morgan fingerprint density at radius 3 is 2.07 bits per heavy atom. The first kappa shape index (κ1) is 14.3. The van der Waals surface area contributed by atoms with E-state index in [4.69, 9.17) is 0 Å². The Morgan fingerprint density at radius 1 is 1.27 bits per heavy atom. The zero-order chi connectivity index (χ0) is 12.3. The molecule has 0 heterocycles. The van der Waals surface area contributed by atoms with E-state index in [1.165, 1.54) is 4.90 Å². The molecule has 0 spiro atoms. The van der Waals surface area contributed by atoms with Crippen LogP contribution in [-0.4, -0.2) is 29.6 Å². The molecule has 0 N–H and O–H groups in total. The van der Waals surface area contributed by atoms with Gasteiger partial charge in [-0.2, -0.15) is 13.2 Å². The van der Waals surface area contributed by atoms with Gasteiger partial charge in [0.05, 0.1) is 6.42 Å². The summed E-state index contributed by atoms with van der Waals surface area (Å²) in [4.78, 5) is 12.8. The molecule has 0 aromatic heterocycles. The monoisotopic (exact) mass is 225 g/mol. The summed E-state index contributed by atoms with van der Waals surface area (Å²) in [5.74, 6) is -0.459. The van der Waals surface area contributed by atoms with E-state index >= 15 is 0 Å². The van der Waals surface area contributed by atoms with Crippen molar-refractivity contribution < 1.29 is 18.0 Å². The normalized spacial score (nSPS) is 12.7. The molecule has 0 aliphatic carbocycles. The van der Waals surface area contributed by atoms with Crippen molar-refractivity contribution in [2.24, 2.45) is 0 Å². The summed E-state index contributed by atoms with van der Waals surface area (Å²) in [5.41, 5.74) is -0.386. The first-order valence-electron chi connectivity index (χ1n) is 4.93. The van der Waals surface area contributed by atoms with Crippen LogP contribution >= 0.6 is 0 Å². The molecular formula is C10H18F3NO. The maximum absolute atomic E-state index is 11.9. The van der Waals surface area contributed by atoms with Gasteiger partial charge in [0.15, 0.2) is 0 Å². The number of rotatable bonds is 4. The summed E-state index contributed by atoms with van der Waals surface area (Å²) in [6.45, 7) is 5.56. The molecule has 0 saturated carbocycles. The van der Waals surface area contributed by atoms with Gasteiger partial charge in [0.2, 0.25) is 5.91 Å². The van der Waals surface area contributed by atoms with Crippen molar-refractivity contribution in [2.75, 3.05) is 7.05 Å². The Balaban J connectivity index is 4.23. The van der Waals surface area contributed by atoms with E-state index in [2.05, 4.69) is 0 Å². The summed E-state index contributed by atoms with van der Waals surface area (Å²) in [6, 6.07) is 0. The largest absolute Gasteiger partial charge is 0.389 e. The van der Waals surface area contributed by atoms with E-state index in [-0.39, 0.29) is 5.54 Å². The molecule has 0 aromatic carbocycles. The van der Waals surface area contributed by atoms with E-state index in [9.17, 15) is 18.0 Å². The molecule has 2 nitrogen and oxygen atoms in total. The van der Waals surface area contributed by atoms with Crippen LogP contribution in [0.2, 0.25) is 0 Å². The Labute approximate surface area is 88.4 Å². The third-order valence-corrected chi connectivity index (χ3v) is 2.77. The predicted octanol–water partition coefficient (Wildman–Crippen LogP) is 2.98. The Kier molecular flexibility index (Phi) is 4.62. The van der Waals surface area contributed by atoms with Crippen molar-refractivity contribution in [2.45, 2.75) is 51.7 Å². The van der Waals surface area contributed by atoms with Gasteiger partial charge in [0, 0.05) is 19.0 Å². The highest BCUT2D eigenvalue weighted by Gasteiger charge is 2.31. The minimum atomic E-state index is -4.26. The number of hydrogen-bond acceptors (Lipinski definition) is 1. The van der Waals surface area contributed by atoms with Gasteiger partial charge in [-0.15, -0.1) is 0 Å². The number of carbonyl (C=O) groups excluding carboxylic acids is 1. The average molecular weight is 225 g/mol. The minimum Gasteiger partial charge on any atom is -0.341 e. The second kappa shape index (κ2) is 4.86. The molecule has 90 valence electrons. The molecule has 0 bridgehead atoms. The topological polar surface area (TPSA) is 20.3 Å². The zero-order valence-electron chi connectivity index (χ0n) is 9.61. The molecular weight excluding hydrogens is 207 g/mol. The highest BCUT2D eigenvalue weighted by Crippen LogP contribution is 2.24. The fourth-order valence-electron chi connectivity index (χ4n) is 0.991. The SMILES string of the molecule is CCC(C)(C)N(C)C(=O)CCC(F)(F)F. The predicted molar refractivity (Wildman–Crippen MR) is 52.4 cm³/mol. The first-order valence-corrected chi connectivity index (χ1v) is 4.93. The molecule has 0 rings (SSSR count). The van der Waals surface area contributed by atoms with E-state index in [0.29, 0.717) is 6.42 Å². The quantitative estimate of drug-likeness (QED) is 0.720. The fraction of sp³-hybridized carbons (Fsp3) is 0.900. The van der Waals surface area contributed by atoms with Crippen LogP contribution < -0.4 is 0 Å². The van der Waals surface area contributed by atoms with E-state index in [0.717, 1.165) is 0 Å². The Hall–Kier alpha value is -0.740. The molecule has 0 saturated heterocycles. The lowest BCUT2D eigenvalue weighted by Gasteiger charge is -2.35.